The fourth-order valence-electron chi connectivity index (χ4n) is 3.85. The predicted molar refractivity (Wildman–Crippen MR) is 117 cm³/mol. The van der Waals surface area contributed by atoms with Crippen LogP contribution in [-0.2, 0) is 6.54 Å². The number of nitro groups is 1. The summed E-state index contributed by atoms with van der Waals surface area (Å²) in [6.45, 7) is 5.97. The molecular formula is C23H28N4O3. The summed E-state index contributed by atoms with van der Waals surface area (Å²) in [5.74, 6) is -0.131. The van der Waals surface area contributed by atoms with Gasteiger partial charge >= 0.3 is 0 Å². The van der Waals surface area contributed by atoms with Gasteiger partial charge in [0, 0.05) is 50.4 Å². The van der Waals surface area contributed by atoms with E-state index in [1.54, 1.807) is 12.1 Å². The van der Waals surface area contributed by atoms with Crippen molar-refractivity contribution in [2.24, 2.45) is 0 Å². The van der Waals surface area contributed by atoms with Crippen molar-refractivity contribution in [3.63, 3.8) is 0 Å². The third-order valence-corrected chi connectivity index (χ3v) is 5.78. The molecule has 1 amide bonds. The van der Waals surface area contributed by atoms with E-state index in [1.165, 1.54) is 17.2 Å². The van der Waals surface area contributed by atoms with E-state index in [2.05, 4.69) is 41.4 Å². The molecule has 4 rings (SSSR count). The Bertz CT molecular complexity index is 925. The number of benzene rings is 2. The van der Waals surface area contributed by atoms with Gasteiger partial charge in [0.25, 0.3) is 11.6 Å². The number of nitrogens with zero attached hydrogens (tertiary/aromatic N) is 3. The fourth-order valence-corrected chi connectivity index (χ4v) is 3.85. The number of nitro benzene ring substituents is 1. The first-order valence-electron chi connectivity index (χ1n) is 10.6. The Morgan fingerprint density at radius 3 is 2.57 bits per heavy atom. The molecule has 7 heteroatoms. The Morgan fingerprint density at radius 2 is 1.87 bits per heavy atom. The molecule has 1 aliphatic carbocycles. The average Bonchev–Trinajstić information content (AvgIpc) is 3.57. The molecule has 158 valence electrons. The van der Waals surface area contributed by atoms with Gasteiger partial charge in [-0.15, -0.1) is 0 Å². The molecule has 2 aromatic carbocycles. The van der Waals surface area contributed by atoms with E-state index in [-0.39, 0.29) is 11.6 Å². The first-order chi connectivity index (χ1) is 14.5. The van der Waals surface area contributed by atoms with Gasteiger partial charge in [0.1, 0.15) is 5.69 Å². The first kappa shape index (κ1) is 20.3. The predicted octanol–water partition coefficient (Wildman–Crippen LogP) is 3.83. The van der Waals surface area contributed by atoms with Crippen LogP contribution < -0.4 is 5.32 Å². The van der Waals surface area contributed by atoms with Gasteiger partial charge < -0.3 is 10.2 Å². The molecule has 0 bridgehead atoms. The first-order valence-corrected chi connectivity index (χ1v) is 10.6. The van der Waals surface area contributed by atoms with Crippen LogP contribution in [0.25, 0.3) is 0 Å². The number of carbonyl (C=O) groups is 1. The van der Waals surface area contributed by atoms with Crippen LogP contribution in [0.15, 0.2) is 42.5 Å². The number of anilines is 1. The number of nitrogens with one attached hydrogen (secondary N) is 1. The molecular weight excluding hydrogens is 380 g/mol. The van der Waals surface area contributed by atoms with E-state index in [1.807, 2.05) is 4.90 Å². The Labute approximate surface area is 176 Å². The second-order valence-corrected chi connectivity index (χ2v) is 8.32. The Balaban J connectivity index is 1.41. The van der Waals surface area contributed by atoms with Gasteiger partial charge in [0.05, 0.1) is 4.92 Å². The van der Waals surface area contributed by atoms with Crippen LogP contribution in [0.3, 0.4) is 0 Å². The second-order valence-electron chi connectivity index (χ2n) is 8.32. The maximum absolute atomic E-state index is 13.0. The van der Waals surface area contributed by atoms with E-state index in [0.29, 0.717) is 30.4 Å². The van der Waals surface area contributed by atoms with Crippen LogP contribution in [0.1, 0.15) is 40.7 Å². The molecule has 2 fully saturated rings. The molecule has 0 unspecified atom stereocenters. The number of aryl methyl sites for hydroxylation is 1. The van der Waals surface area contributed by atoms with Gasteiger partial charge in [-0.3, -0.25) is 19.8 Å². The molecule has 0 spiro atoms. The van der Waals surface area contributed by atoms with Crippen LogP contribution >= 0.6 is 0 Å². The van der Waals surface area contributed by atoms with Crippen LogP contribution in [0.5, 0.6) is 0 Å². The topological polar surface area (TPSA) is 78.7 Å². The van der Waals surface area contributed by atoms with Crippen molar-refractivity contribution in [1.82, 2.24) is 9.80 Å². The quantitative estimate of drug-likeness (QED) is 0.581. The molecule has 30 heavy (non-hydrogen) atoms. The average molecular weight is 409 g/mol. The van der Waals surface area contributed by atoms with Crippen molar-refractivity contribution in [1.29, 1.82) is 0 Å². The molecule has 2 aliphatic rings. The van der Waals surface area contributed by atoms with E-state index >= 15 is 0 Å². The van der Waals surface area contributed by atoms with E-state index in [9.17, 15) is 14.9 Å². The second kappa shape index (κ2) is 8.83. The summed E-state index contributed by atoms with van der Waals surface area (Å²) >= 11 is 0. The number of carbonyl (C=O) groups excluding carboxylic acids is 1. The third kappa shape index (κ3) is 4.97. The Morgan fingerprint density at radius 1 is 1.10 bits per heavy atom. The zero-order chi connectivity index (χ0) is 21.1. The van der Waals surface area contributed by atoms with Gasteiger partial charge in [0.15, 0.2) is 0 Å². The number of hydrogen-bond donors (Lipinski definition) is 1. The molecule has 1 saturated heterocycles. The zero-order valence-electron chi connectivity index (χ0n) is 17.3. The summed E-state index contributed by atoms with van der Waals surface area (Å²) in [6, 6.07) is 13.7. The van der Waals surface area contributed by atoms with Crippen molar-refractivity contribution in [3.8, 4) is 0 Å². The summed E-state index contributed by atoms with van der Waals surface area (Å²) in [6.07, 6.45) is 2.95. The van der Waals surface area contributed by atoms with E-state index < -0.39 is 4.92 Å². The van der Waals surface area contributed by atoms with Crippen molar-refractivity contribution in [2.45, 2.75) is 38.8 Å². The van der Waals surface area contributed by atoms with Crippen molar-refractivity contribution in [3.05, 3.63) is 69.3 Å². The van der Waals surface area contributed by atoms with Crippen molar-refractivity contribution < 1.29 is 9.72 Å². The molecule has 1 heterocycles. The Hall–Kier alpha value is -2.93. The fraction of sp³-hybridized carbons (Fsp3) is 0.435. The highest BCUT2D eigenvalue weighted by Crippen LogP contribution is 2.32. The lowest BCUT2D eigenvalue weighted by Gasteiger charge is -2.22. The number of amides is 1. The van der Waals surface area contributed by atoms with Gasteiger partial charge in [0.2, 0.25) is 0 Å². The molecule has 0 aromatic heterocycles. The maximum Gasteiger partial charge on any atom is 0.293 e. The summed E-state index contributed by atoms with van der Waals surface area (Å²) in [5, 5.41) is 14.7. The summed E-state index contributed by atoms with van der Waals surface area (Å²) in [7, 11) is 0. The van der Waals surface area contributed by atoms with Gasteiger partial charge in [-0.05, 0) is 43.9 Å². The lowest BCUT2D eigenvalue weighted by atomic mass is 10.1. The van der Waals surface area contributed by atoms with Crippen molar-refractivity contribution in [2.75, 3.05) is 31.5 Å². The maximum atomic E-state index is 13.0. The van der Waals surface area contributed by atoms with Gasteiger partial charge in [-0.25, -0.2) is 0 Å². The van der Waals surface area contributed by atoms with Crippen molar-refractivity contribution >= 4 is 17.3 Å². The Kier molecular flexibility index (Phi) is 5.99. The molecule has 0 atom stereocenters. The SMILES string of the molecule is Cc1ccc(CN2CCCN(C(=O)c3ccc(NC4CC4)c([N+](=O)[O-])c3)CC2)cc1. The van der Waals surface area contributed by atoms with Crippen LogP contribution in [0, 0.1) is 17.0 Å². The minimum absolute atomic E-state index is 0.0245. The highest BCUT2D eigenvalue weighted by molar-refractivity contribution is 5.95. The van der Waals surface area contributed by atoms with Crippen LogP contribution in [0.4, 0.5) is 11.4 Å². The van der Waals surface area contributed by atoms with Gasteiger partial charge in [-0.1, -0.05) is 29.8 Å². The lowest BCUT2D eigenvalue weighted by molar-refractivity contribution is -0.384. The summed E-state index contributed by atoms with van der Waals surface area (Å²) < 4.78 is 0. The lowest BCUT2D eigenvalue weighted by Crippen LogP contribution is -2.35. The molecule has 1 saturated carbocycles. The molecule has 1 N–H and O–H groups in total. The number of hydrogen-bond acceptors (Lipinski definition) is 5. The van der Waals surface area contributed by atoms with E-state index in [4.69, 9.17) is 0 Å². The molecule has 1 aliphatic heterocycles. The largest absolute Gasteiger partial charge is 0.377 e. The van der Waals surface area contributed by atoms with Crippen LogP contribution in [0.2, 0.25) is 0 Å². The smallest absolute Gasteiger partial charge is 0.293 e. The molecule has 7 nitrogen and oxygen atoms in total. The minimum Gasteiger partial charge on any atom is -0.377 e. The summed E-state index contributed by atoms with van der Waals surface area (Å²) in [4.78, 5) is 28.3. The normalized spacial score (nSPS) is 17.4. The molecule has 2 aromatic rings. The number of rotatable bonds is 6. The zero-order valence-corrected chi connectivity index (χ0v) is 17.3. The highest BCUT2D eigenvalue weighted by Gasteiger charge is 2.27. The monoisotopic (exact) mass is 408 g/mol. The summed E-state index contributed by atoms with van der Waals surface area (Å²) in [5.41, 5.74) is 3.38. The van der Waals surface area contributed by atoms with Crippen LogP contribution in [-0.4, -0.2) is 52.9 Å². The highest BCUT2D eigenvalue weighted by atomic mass is 16.6. The minimum atomic E-state index is -0.409. The molecule has 0 radical (unpaired) electrons. The van der Waals surface area contributed by atoms with E-state index in [0.717, 1.165) is 38.9 Å². The standard InChI is InChI=1S/C23H28N4O3/c1-17-3-5-18(6-4-17)16-25-11-2-12-26(14-13-25)23(28)19-7-10-21(24-20-8-9-20)22(15-19)27(29)30/h3-7,10,15,20,24H,2,8-9,11-14,16H2,1H3. The third-order valence-electron chi connectivity index (χ3n) is 5.78. The van der Waals surface area contributed by atoms with Gasteiger partial charge in [-0.2, -0.15) is 0 Å².